The first-order valence-corrected chi connectivity index (χ1v) is 7.63. The molecule has 0 saturated carbocycles. The normalized spacial score (nSPS) is 16.3. The van der Waals surface area contributed by atoms with Crippen molar-refractivity contribution in [1.82, 2.24) is 5.32 Å². The molecule has 0 saturated heterocycles. The van der Waals surface area contributed by atoms with Crippen LogP contribution in [0.25, 0.3) is 0 Å². The number of halogens is 2. The number of benzene rings is 1. The topological polar surface area (TPSA) is 29.1 Å². The molecule has 0 spiro atoms. The Balaban J connectivity index is 2.58. The molecule has 0 heterocycles. The van der Waals surface area contributed by atoms with Gasteiger partial charge in [0.25, 0.3) is 0 Å². The lowest BCUT2D eigenvalue weighted by molar-refractivity contribution is 0.465. The second-order valence-electron chi connectivity index (χ2n) is 4.56. The van der Waals surface area contributed by atoms with Crippen LogP contribution in [0.1, 0.15) is 31.9 Å². The van der Waals surface area contributed by atoms with Crippen molar-refractivity contribution in [1.29, 1.82) is 0 Å². The summed E-state index contributed by atoms with van der Waals surface area (Å²) in [6.45, 7) is 3.83. The highest BCUT2D eigenvalue weighted by Gasteiger charge is 2.12. The van der Waals surface area contributed by atoms with E-state index in [1.807, 2.05) is 13.8 Å². The monoisotopic (exact) mass is 275 g/mol. The van der Waals surface area contributed by atoms with Gasteiger partial charge in [-0.25, -0.2) is 8.78 Å². The van der Waals surface area contributed by atoms with E-state index in [1.54, 1.807) is 6.26 Å². The highest BCUT2D eigenvalue weighted by molar-refractivity contribution is 7.84. The van der Waals surface area contributed by atoms with E-state index in [2.05, 4.69) is 5.32 Å². The predicted octanol–water partition coefficient (Wildman–Crippen LogP) is 2.77. The van der Waals surface area contributed by atoms with Crippen molar-refractivity contribution < 1.29 is 13.0 Å². The summed E-state index contributed by atoms with van der Waals surface area (Å²) in [4.78, 5) is 0. The molecule has 3 unspecified atom stereocenters. The molecule has 2 nitrogen and oxygen atoms in total. The molecule has 0 radical (unpaired) electrons. The van der Waals surface area contributed by atoms with Gasteiger partial charge < -0.3 is 5.32 Å². The molecule has 0 amide bonds. The zero-order valence-electron chi connectivity index (χ0n) is 10.9. The maximum absolute atomic E-state index is 13.1. The van der Waals surface area contributed by atoms with Gasteiger partial charge in [-0.05, 0) is 38.0 Å². The molecule has 18 heavy (non-hydrogen) atoms. The van der Waals surface area contributed by atoms with Gasteiger partial charge in [0.1, 0.15) is 11.6 Å². The Morgan fingerprint density at radius 2 is 1.78 bits per heavy atom. The smallest absolute Gasteiger partial charge is 0.126 e. The molecule has 0 aliphatic rings. The molecule has 0 aliphatic heterocycles. The summed E-state index contributed by atoms with van der Waals surface area (Å²) in [5.74, 6) is -0.514. The highest BCUT2D eigenvalue weighted by atomic mass is 32.2. The fraction of sp³-hybridized carbons (Fsp3) is 0.538. The quantitative estimate of drug-likeness (QED) is 0.865. The Morgan fingerprint density at radius 1 is 1.22 bits per heavy atom. The second kappa shape index (κ2) is 6.95. The maximum Gasteiger partial charge on any atom is 0.126 e. The molecule has 1 aromatic rings. The summed E-state index contributed by atoms with van der Waals surface area (Å²) in [7, 11) is -0.813. The molecule has 0 aromatic heterocycles. The minimum Gasteiger partial charge on any atom is -0.308 e. The Labute approximate surface area is 109 Å². The zero-order chi connectivity index (χ0) is 13.7. The van der Waals surface area contributed by atoms with Gasteiger partial charge in [0.15, 0.2) is 0 Å². The van der Waals surface area contributed by atoms with Crippen LogP contribution in [-0.2, 0) is 10.8 Å². The summed E-state index contributed by atoms with van der Waals surface area (Å²) >= 11 is 0. The van der Waals surface area contributed by atoms with Crippen molar-refractivity contribution in [2.75, 3.05) is 12.0 Å². The summed E-state index contributed by atoms with van der Waals surface area (Å²) < 4.78 is 37.1. The van der Waals surface area contributed by atoms with Crippen LogP contribution in [0.3, 0.4) is 0 Å². The van der Waals surface area contributed by atoms with E-state index in [9.17, 15) is 13.0 Å². The Kier molecular flexibility index (Phi) is 5.88. The predicted molar refractivity (Wildman–Crippen MR) is 70.9 cm³/mol. The van der Waals surface area contributed by atoms with Crippen LogP contribution in [0.15, 0.2) is 18.2 Å². The minimum atomic E-state index is -0.813. The molecule has 5 heteroatoms. The molecule has 0 fully saturated rings. The molecule has 1 aromatic carbocycles. The third-order valence-electron chi connectivity index (χ3n) is 2.76. The van der Waals surface area contributed by atoms with Crippen molar-refractivity contribution in [3.8, 4) is 0 Å². The summed E-state index contributed by atoms with van der Waals surface area (Å²) in [5.41, 5.74) is 0.581. The van der Waals surface area contributed by atoms with Gasteiger partial charge in [0, 0.05) is 41.0 Å². The molecule has 1 rings (SSSR count). The van der Waals surface area contributed by atoms with Crippen molar-refractivity contribution >= 4 is 10.8 Å². The van der Waals surface area contributed by atoms with E-state index in [0.717, 1.165) is 12.5 Å². The fourth-order valence-corrected chi connectivity index (χ4v) is 2.46. The van der Waals surface area contributed by atoms with E-state index in [1.165, 1.54) is 12.1 Å². The second-order valence-corrected chi connectivity index (χ2v) is 6.11. The molecular weight excluding hydrogens is 256 g/mol. The zero-order valence-corrected chi connectivity index (χ0v) is 11.7. The molecule has 102 valence electrons. The third-order valence-corrected chi connectivity index (χ3v) is 3.57. The maximum atomic E-state index is 13.1. The Hall–Kier alpha value is -0.810. The third kappa shape index (κ3) is 5.23. The van der Waals surface area contributed by atoms with Crippen LogP contribution in [0.5, 0.6) is 0 Å². The molecular formula is C13H19F2NOS. The lowest BCUT2D eigenvalue weighted by atomic mass is 10.1. The Morgan fingerprint density at radius 3 is 2.28 bits per heavy atom. The van der Waals surface area contributed by atoms with Gasteiger partial charge in [0.2, 0.25) is 0 Å². The van der Waals surface area contributed by atoms with Gasteiger partial charge in [-0.15, -0.1) is 0 Å². The van der Waals surface area contributed by atoms with Crippen LogP contribution in [-0.4, -0.2) is 22.3 Å². The van der Waals surface area contributed by atoms with Gasteiger partial charge in [-0.1, -0.05) is 0 Å². The van der Waals surface area contributed by atoms with Crippen molar-refractivity contribution in [2.45, 2.75) is 32.4 Å². The SMILES string of the molecule is CC(CCS(C)=O)NC(C)c1cc(F)cc(F)c1. The van der Waals surface area contributed by atoms with E-state index in [-0.39, 0.29) is 12.1 Å². The van der Waals surface area contributed by atoms with Crippen molar-refractivity contribution in [2.24, 2.45) is 0 Å². The number of hydrogen-bond acceptors (Lipinski definition) is 2. The van der Waals surface area contributed by atoms with E-state index < -0.39 is 22.4 Å². The average Bonchev–Trinajstić information content (AvgIpc) is 2.25. The Bertz CT molecular complexity index is 405. The summed E-state index contributed by atoms with van der Waals surface area (Å²) in [6, 6.07) is 3.52. The number of hydrogen-bond donors (Lipinski definition) is 1. The minimum absolute atomic E-state index is 0.143. The summed E-state index contributed by atoms with van der Waals surface area (Å²) in [5, 5.41) is 3.24. The van der Waals surface area contributed by atoms with Crippen molar-refractivity contribution in [3.63, 3.8) is 0 Å². The van der Waals surface area contributed by atoms with Crippen LogP contribution in [0, 0.1) is 11.6 Å². The van der Waals surface area contributed by atoms with Gasteiger partial charge >= 0.3 is 0 Å². The van der Waals surface area contributed by atoms with E-state index in [0.29, 0.717) is 11.3 Å². The van der Waals surface area contributed by atoms with Gasteiger partial charge in [0.05, 0.1) is 0 Å². The highest BCUT2D eigenvalue weighted by Crippen LogP contribution is 2.16. The standard InChI is InChI=1S/C13H19F2NOS/c1-9(4-5-18(3)17)16-10(2)11-6-12(14)8-13(15)7-11/h6-10,16H,4-5H2,1-3H3. The van der Waals surface area contributed by atoms with Crippen LogP contribution in [0.2, 0.25) is 0 Å². The first-order chi connectivity index (χ1) is 8.38. The first-order valence-electron chi connectivity index (χ1n) is 5.90. The lowest BCUT2D eigenvalue weighted by Gasteiger charge is -2.20. The summed E-state index contributed by atoms with van der Waals surface area (Å²) in [6.07, 6.45) is 2.43. The van der Waals surface area contributed by atoms with Crippen LogP contribution in [0.4, 0.5) is 8.78 Å². The van der Waals surface area contributed by atoms with E-state index in [4.69, 9.17) is 0 Å². The fourth-order valence-electron chi connectivity index (χ4n) is 1.77. The first kappa shape index (κ1) is 15.2. The van der Waals surface area contributed by atoms with Crippen LogP contribution >= 0.6 is 0 Å². The van der Waals surface area contributed by atoms with E-state index >= 15 is 0 Å². The average molecular weight is 275 g/mol. The lowest BCUT2D eigenvalue weighted by Crippen LogP contribution is -2.30. The largest absolute Gasteiger partial charge is 0.308 e. The number of rotatable bonds is 6. The molecule has 0 bridgehead atoms. The molecule has 0 aliphatic carbocycles. The molecule has 3 atom stereocenters. The van der Waals surface area contributed by atoms with Crippen molar-refractivity contribution in [3.05, 3.63) is 35.4 Å². The van der Waals surface area contributed by atoms with Gasteiger partial charge in [-0.3, -0.25) is 4.21 Å². The van der Waals surface area contributed by atoms with Gasteiger partial charge in [-0.2, -0.15) is 0 Å². The molecule has 1 N–H and O–H groups in total. The number of nitrogens with one attached hydrogen (secondary N) is 1. The van der Waals surface area contributed by atoms with Crippen LogP contribution < -0.4 is 5.32 Å².